The van der Waals surface area contributed by atoms with E-state index < -0.39 is 93.6 Å². The van der Waals surface area contributed by atoms with Crippen LogP contribution in [0.1, 0.15) is 54.9 Å². The molecule has 0 saturated carbocycles. The monoisotopic (exact) mass is 611 g/mol. The molecule has 0 spiro atoms. The van der Waals surface area contributed by atoms with Crippen molar-refractivity contribution in [3.05, 3.63) is 0 Å². The largest absolute Gasteiger partial charge is 0.465 e. The van der Waals surface area contributed by atoms with E-state index in [1.54, 1.807) is 13.8 Å². The summed E-state index contributed by atoms with van der Waals surface area (Å²) in [5.74, 6) is -7.45. The molecule has 1 aliphatic rings. The first-order chi connectivity index (χ1) is 19.2. The highest BCUT2D eigenvalue weighted by Gasteiger charge is 2.60. The van der Waals surface area contributed by atoms with E-state index >= 15 is 0 Å². The Morgan fingerprint density at radius 1 is 0.902 bits per heavy atom. The number of amides is 1. The molecule has 1 fully saturated rings. The van der Waals surface area contributed by atoms with Crippen LogP contribution in [-0.4, -0.2) is 98.9 Å². The highest BCUT2D eigenvalue weighted by atomic mass is 31.2. The molecule has 1 saturated heterocycles. The van der Waals surface area contributed by atoms with Gasteiger partial charge in [-0.2, -0.15) is 0 Å². The Balaban J connectivity index is 3.90. The third-order valence-electron chi connectivity index (χ3n) is 5.19. The van der Waals surface area contributed by atoms with Crippen LogP contribution < -0.4 is 5.32 Å². The number of ether oxygens (including phenoxy) is 6. The van der Waals surface area contributed by atoms with Crippen LogP contribution >= 0.6 is 8.60 Å². The fraction of sp³-hybridized carbons (Fsp3) is 0.750. The molecule has 1 aliphatic heterocycles. The maximum absolute atomic E-state index is 13.3. The zero-order valence-corrected chi connectivity index (χ0v) is 25.2. The van der Waals surface area contributed by atoms with Crippen LogP contribution in [0.5, 0.6) is 0 Å². The minimum absolute atomic E-state index is 0.112. The lowest BCUT2D eigenvalue weighted by Crippen LogP contribution is -2.69. The fourth-order valence-corrected chi connectivity index (χ4v) is 4.95. The van der Waals surface area contributed by atoms with E-state index in [2.05, 4.69) is 5.32 Å². The summed E-state index contributed by atoms with van der Waals surface area (Å²) in [7, 11) is -1.21. The van der Waals surface area contributed by atoms with Gasteiger partial charge >= 0.3 is 38.4 Å². The van der Waals surface area contributed by atoms with E-state index in [4.69, 9.17) is 42.0 Å². The average Bonchev–Trinajstić information content (AvgIpc) is 2.85. The van der Waals surface area contributed by atoms with Gasteiger partial charge in [-0.05, 0) is 13.8 Å². The predicted octanol–water partition coefficient (Wildman–Crippen LogP) is 0.824. The van der Waals surface area contributed by atoms with Gasteiger partial charge in [0.1, 0.15) is 18.8 Å². The zero-order chi connectivity index (χ0) is 31.3. The summed E-state index contributed by atoms with van der Waals surface area (Å²) in [4.78, 5) is 73.5. The molecule has 1 heterocycles. The summed E-state index contributed by atoms with van der Waals surface area (Å²) in [6.45, 7) is 8.35. The summed E-state index contributed by atoms with van der Waals surface area (Å²) >= 11 is 0. The van der Waals surface area contributed by atoms with E-state index in [1.165, 1.54) is 0 Å². The smallest absolute Gasteiger partial charge is 0.367 e. The first-order valence-corrected chi connectivity index (χ1v) is 13.7. The van der Waals surface area contributed by atoms with Crippen molar-refractivity contribution in [3.8, 4) is 0 Å². The minimum atomic E-state index is -2.41. The number of carbonyl (C=O) groups is 6. The number of nitrogens with one attached hydrogen (secondary N) is 1. The number of rotatable bonds is 15. The fourth-order valence-electron chi connectivity index (χ4n) is 3.91. The molecular formula is C24H38NO15P. The minimum Gasteiger partial charge on any atom is -0.465 e. The van der Waals surface area contributed by atoms with Crippen molar-refractivity contribution in [2.24, 2.45) is 0 Å². The Bertz CT molecular complexity index is 940. The molecule has 17 heteroatoms. The number of esters is 5. The van der Waals surface area contributed by atoms with E-state index in [0.717, 1.165) is 41.7 Å². The molecule has 0 aromatic heterocycles. The van der Waals surface area contributed by atoms with Gasteiger partial charge in [0.25, 0.3) is 5.79 Å². The molecule has 41 heavy (non-hydrogen) atoms. The molecule has 0 bridgehead atoms. The van der Waals surface area contributed by atoms with Crippen LogP contribution in [-0.2, 0) is 70.8 Å². The van der Waals surface area contributed by atoms with E-state index in [9.17, 15) is 28.8 Å². The van der Waals surface area contributed by atoms with Crippen molar-refractivity contribution < 1.29 is 70.8 Å². The molecular weight excluding hydrogens is 573 g/mol. The lowest BCUT2D eigenvalue weighted by Gasteiger charge is -2.48. The van der Waals surface area contributed by atoms with Gasteiger partial charge in [0.15, 0.2) is 12.2 Å². The van der Waals surface area contributed by atoms with Gasteiger partial charge in [-0.1, -0.05) is 0 Å². The Morgan fingerprint density at radius 3 is 1.93 bits per heavy atom. The Kier molecular flexibility index (Phi) is 15.1. The van der Waals surface area contributed by atoms with Crippen LogP contribution in [0.25, 0.3) is 0 Å². The first-order valence-electron chi connectivity index (χ1n) is 12.6. The highest BCUT2D eigenvalue weighted by Crippen LogP contribution is 2.49. The highest BCUT2D eigenvalue weighted by molar-refractivity contribution is 7.41. The first kappa shape index (κ1) is 36.1. The lowest BCUT2D eigenvalue weighted by molar-refractivity contribution is -0.291. The Hall–Kier alpha value is -2.91. The summed E-state index contributed by atoms with van der Waals surface area (Å²) in [6.07, 6.45) is -6.72. The topological polar surface area (TPSA) is 198 Å². The molecule has 1 amide bonds. The molecule has 0 aliphatic carbocycles. The number of hydrogen-bond donors (Lipinski definition) is 1. The molecule has 1 N–H and O–H groups in total. The third kappa shape index (κ3) is 11.5. The molecule has 6 atom stereocenters. The zero-order valence-electron chi connectivity index (χ0n) is 24.3. The molecule has 0 unspecified atom stereocenters. The standard InChI is InChI=1S/C24H38NO15P/c1-9-34-41(35-10-2)40-24(23(31)32-8)11-18(36-15(5)28)20(25-13(3)26)22(39-24)21(38-17(7)30)19(37-16(6)29)12-33-14(4)27/h18-22H,9-12H2,1-8H3,(H,25,26)/t18-,19-,20+,21-,22-,24-/m1/s1. The molecule has 0 radical (unpaired) electrons. The van der Waals surface area contributed by atoms with Gasteiger partial charge in [0.2, 0.25) is 5.91 Å². The predicted molar refractivity (Wildman–Crippen MR) is 136 cm³/mol. The second-order valence-corrected chi connectivity index (χ2v) is 9.73. The molecule has 234 valence electrons. The SMILES string of the molecule is CCOP(OCC)O[C@@]1(C(=O)OC)C[C@@H](OC(C)=O)[C@H](NC(C)=O)[C@H]([C@H](OC(C)=O)[C@@H](COC(C)=O)OC(C)=O)O1. The molecule has 16 nitrogen and oxygen atoms in total. The van der Waals surface area contributed by atoms with Crippen LogP contribution in [0.15, 0.2) is 0 Å². The van der Waals surface area contributed by atoms with Crippen molar-refractivity contribution in [2.45, 2.75) is 91.1 Å². The second kappa shape index (κ2) is 17.1. The molecule has 1 rings (SSSR count). The average molecular weight is 612 g/mol. The van der Waals surface area contributed by atoms with Crippen LogP contribution in [0.2, 0.25) is 0 Å². The summed E-state index contributed by atoms with van der Waals surface area (Å²) < 4.78 is 49.2. The number of hydrogen-bond acceptors (Lipinski definition) is 15. The van der Waals surface area contributed by atoms with Crippen LogP contribution in [0.3, 0.4) is 0 Å². The summed E-state index contributed by atoms with van der Waals surface area (Å²) in [5.41, 5.74) is 0. The van der Waals surface area contributed by atoms with E-state index in [-0.39, 0.29) is 13.2 Å². The van der Waals surface area contributed by atoms with E-state index in [1.807, 2.05) is 0 Å². The lowest BCUT2D eigenvalue weighted by atomic mass is 9.88. The van der Waals surface area contributed by atoms with Gasteiger partial charge in [0.05, 0.1) is 32.8 Å². The van der Waals surface area contributed by atoms with Crippen molar-refractivity contribution >= 4 is 44.4 Å². The molecule has 0 aromatic rings. The summed E-state index contributed by atoms with van der Waals surface area (Å²) in [5, 5.41) is 2.57. The second-order valence-electron chi connectivity index (χ2n) is 8.58. The van der Waals surface area contributed by atoms with Gasteiger partial charge in [-0.25, -0.2) is 4.79 Å². The van der Waals surface area contributed by atoms with Crippen molar-refractivity contribution in [1.29, 1.82) is 0 Å². The third-order valence-corrected chi connectivity index (χ3v) is 6.57. The van der Waals surface area contributed by atoms with Crippen LogP contribution in [0.4, 0.5) is 0 Å². The van der Waals surface area contributed by atoms with Crippen molar-refractivity contribution in [3.63, 3.8) is 0 Å². The van der Waals surface area contributed by atoms with Crippen molar-refractivity contribution in [1.82, 2.24) is 5.32 Å². The van der Waals surface area contributed by atoms with Gasteiger partial charge in [-0.3, -0.25) is 28.5 Å². The normalized spacial score (nSPS) is 23.5. The quantitative estimate of drug-likeness (QED) is 0.155. The Labute approximate surface area is 238 Å². The van der Waals surface area contributed by atoms with Gasteiger partial charge in [-0.15, -0.1) is 0 Å². The maximum atomic E-state index is 13.3. The number of carbonyl (C=O) groups excluding carboxylic acids is 6. The van der Waals surface area contributed by atoms with Gasteiger partial charge < -0.3 is 42.8 Å². The number of methoxy groups -OCH3 is 1. The molecule has 0 aromatic carbocycles. The van der Waals surface area contributed by atoms with E-state index in [0.29, 0.717) is 0 Å². The van der Waals surface area contributed by atoms with Crippen molar-refractivity contribution in [2.75, 3.05) is 26.9 Å². The Morgan fingerprint density at radius 2 is 1.49 bits per heavy atom. The van der Waals surface area contributed by atoms with Crippen LogP contribution in [0, 0.1) is 0 Å². The maximum Gasteiger partial charge on any atom is 0.367 e. The summed E-state index contributed by atoms with van der Waals surface area (Å²) in [6, 6.07) is -1.32. The van der Waals surface area contributed by atoms with Gasteiger partial charge in [0, 0.05) is 34.6 Å².